The molecule has 126 heavy (non-hydrogen) atoms. The average molecular weight is 1810 g/mol. The number of hydrogen-bond donors (Lipinski definition) is 12. The van der Waals surface area contributed by atoms with Crippen LogP contribution >= 0.6 is 0 Å². The Morgan fingerprint density at radius 2 is 0.587 bits per heavy atom. The van der Waals surface area contributed by atoms with Crippen LogP contribution in [0.15, 0.2) is 146 Å². The van der Waals surface area contributed by atoms with Gasteiger partial charge < -0.3 is 120 Å². The molecule has 0 bridgehead atoms. The van der Waals surface area contributed by atoms with Gasteiger partial charge in [0.05, 0.1) is 85.5 Å². The molecular weight excluding hydrogens is 1600 g/mol. The van der Waals surface area contributed by atoms with Crippen LogP contribution in [0.5, 0.6) is 0 Å². The number of likely N-dealkylation sites (N-methyl/N-ethyl adjacent to an activating group) is 6. The average Bonchev–Trinajstić information content (AvgIpc) is 1.55. The number of rotatable bonds is 30. The molecule has 12 N–H and O–H groups in total. The fourth-order valence-electron chi connectivity index (χ4n) is 10.6. The topological polar surface area (TPSA) is 344 Å². The van der Waals surface area contributed by atoms with Gasteiger partial charge in [-0.05, 0) is 300 Å². The van der Waals surface area contributed by atoms with Gasteiger partial charge in [-0.2, -0.15) is 0 Å². The van der Waals surface area contributed by atoms with Crippen molar-refractivity contribution in [2.45, 2.75) is 113 Å². The van der Waals surface area contributed by atoms with Gasteiger partial charge in [0.2, 0.25) is 0 Å². The van der Waals surface area contributed by atoms with Crippen LogP contribution in [-0.2, 0) is 105 Å². The van der Waals surface area contributed by atoms with Crippen LogP contribution in [0.4, 0.5) is 28.8 Å². The highest BCUT2D eigenvalue weighted by atomic mass is 16.6. The van der Waals surface area contributed by atoms with E-state index in [0.717, 1.165) is 40.4 Å². The van der Waals surface area contributed by atoms with Crippen LogP contribution in [0.2, 0.25) is 8.47 Å². The van der Waals surface area contributed by atoms with Gasteiger partial charge in [-0.1, -0.05) is 36.3 Å². The molecule has 6 aromatic carbocycles. The highest BCUT2D eigenvalue weighted by molar-refractivity contribution is 5.88. The van der Waals surface area contributed by atoms with Gasteiger partial charge in [-0.25, -0.2) is 28.8 Å². The van der Waals surface area contributed by atoms with Gasteiger partial charge >= 0.3 is 36.6 Å². The van der Waals surface area contributed by atoms with Gasteiger partial charge in [0.15, 0.2) is 8.47 Å². The number of nitrogens with one attached hydrogen (secondary N) is 12. The molecule has 0 radical (unpaired) electrons. The first kappa shape index (κ1) is 33.0. The number of aryl methyl sites for hydroxylation is 3. The molecule has 672 valence electrons. The quantitative estimate of drug-likeness (QED) is 0.0186. The highest BCUT2D eigenvalue weighted by Gasteiger charge is 2.29. The van der Waals surface area contributed by atoms with E-state index in [2.05, 4.69) is 43.4 Å². The zero-order chi connectivity index (χ0) is 163. The Hall–Kier alpha value is -12.1. The summed E-state index contributed by atoms with van der Waals surface area (Å²) in [5.74, 6) is 0. The van der Waals surface area contributed by atoms with Crippen molar-refractivity contribution in [2.75, 3.05) is 163 Å². The van der Waals surface area contributed by atoms with Crippen molar-refractivity contribution in [3.05, 3.63) is 213 Å². The third-order valence-electron chi connectivity index (χ3n) is 16.2. The fourth-order valence-corrected chi connectivity index (χ4v) is 10.6. The molecule has 18 rings (SSSR count). The minimum atomic E-state index is -3.85. The van der Waals surface area contributed by atoms with E-state index in [9.17, 15) is 28.8 Å². The molecule has 6 fully saturated rings. The number of H-pyrrole nitrogens is 6. The first-order chi connectivity index (χ1) is 93.8. The Labute approximate surface area is 854 Å². The van der Waals surface area contributed by atoms with E-state index in [-0.39, 0.29) is 88.3 Å². The SMILES string of the molecule is [2H]c1c(C([2H])([2H])[C@]2([2H])N([2H])C(=O)OC2([2H])[2H])c([2H])c2c(CCN(C([2H])([2H])[2H])C([2H])([2H])[2H])cn([2H])c2c1[2H].[2H]c1c(C([2H])([2H])[C@]2([2H])N([2H])C(=O)OC2([2H])[2H])c([2H])c2c(CCN(C)C([2H])([2H])[2H])cn([2H])c2c1[2H].[2H]c1c(C([2H])([2H])[C@]2([2H])N([2H])C(=O)OC2([2H])[2H])c([2H])c2c(CCN(C)C)cn([2H])c2c1[2H].[2H]c1c(C([2H])([2H])[C@]2([2H])NC(=O)OC2([2H])[2H])c([2H])c2c(C([2H])([2H])C([2H])([2H])N(C([2H])([2H])[2H])C([2H])([2H])[2H])c[nH]c2c1[2H].[2H]c1c(C([2H])([2H])[C@]2([2H])NC(=O)OC2([2H])[2H])c([2H])c2c(C([2H])([2H])C([2H])([2H])N(C)C([2H])([2H])[2H])c[nH]c2c1[2H].[2H]c1c(C([2H])([2H])[C@]2([2H])NC(=O)OC2([2H])[2H])c([2H])c2c(C([2H])([2H])C([2H])([2H])N(C)C)c[nH]c2c1[2H]. The normalized spacial score (nSPS) is 36.0. The zero-order valence-corrected chi connectivity index (χ0v) is 66.0. The molecule has 6 atom stereocenters. The summed E-state index contributed by atoms with van der Waals surface area (Å²) in [6.45, 7) is -48.8. The molecule has 0 spiro atoms. The molecule has 6 saturated heterocycles. The second-order valence-electron chi connectivity index (χ2n) is 26.0. The van der Waals surface area contributed by atoms with Crippen molar-refractivity contribution < 1.29 is 173 Å². The number of ether oxygens (including phenoxy) is 6. The first-order valence-electron chi connectivity index (χ1n) is 77.7. The number of aromatic amines is 6. The van der Waals surface area contributed by atoms with Crippen molar-refractivity contribution in [1.82, 2.24) is 91.2 Å². The van der Waals surface area contributed by atoms with Crippen LogP contribution in [-0.4, -0.2) is 295 Å². The summed E-state index contributed by atoms with van der Waals surface area (Å²) in [4.78, 5) is 83.4. The highest BCUT2D eigenvalue weighted by Crippen LogP contribution is 2.29. The Balaban J connectivity index is 0.000000201. The van der Waals surface area contributed by atoms with Gasteiger partial charge in [0, 0.05) is 199 Å². The third-order valence-corrected chi connectivity index (χ3v) is 16.2. The monoisotopic (exact) mass is 1810 g/mol. The molecule has 6 aliphatic heterocycles. The summed E-state index contributed by atoms with van der Waals surface area (Å²) in [5.41, 5.74) is -9.25. The van der Waals surface area contributed by atoms with Gasteiger partial charge in [0.1, 0.15) is 39.4 Å². The molecule has 0 saturated carbocycles. The van der Waals surface area contributed by atoms with Crippen LogP contribution in [0.3, 0.4) is 0 Å². The lowest BCUT2D eigenvalue weighted by Crippen LogP contribution is -2.28. The lowest BCUT2D eigenvalue weighted by Gasteiger charge is -2.09. The largest absolute Gasteiger partial charge is 0.447 e. The smallest absolute Gasteiger partial charge is 0.407 e. The van der Waals surface area contributed by atoms with Crippen LogP contribution < -0.4 is 31.9 Å². The molecule has 30 nitrogen and oxygen atoms in total. The Kier molecular flexibility index (Phi) is 11.4. The molecule has 6 aliphatic rings. The maximum Gasteiger partial charge on any atom is 0.407 e. The Bertz CT molecular complexity index is 10000. The van der Waals surface area contributed by atoms with Crippen LogP contribution in [0.1, 0.15) is 174 Å². The lowest BCUT2D eigenvalue weighted by molar-refractivity contribution is 0.176. The van der Waals surface area contributed by atoms with Crippen LogP contribution in [0.25, 0.3) is 65.4 Å². The molecule has 6 amide bonds. The predicted molar refractivity (Wildman–Crippen MR) is 495 cm³/mol. The molecule has 0 unspecified atom stereocenters. The second-order valence-corrected chi connectivity index (χ2v) is 26.0. The third kappa shape index (κ3) is 26.5. The van der Waals surface area contributed by atoms with E-state index in [0.29, 0.717) is 34.7 Å². The molecule has 12 aromatic rings. The molecule has 30 heteroatoms. The Morgan fingerprint density at radius 3 is 0.865 bits per heavy atom. The summed E-state index contributed by atoms with van der Waals surface area (Å²) in [6, 6.07) is -35.2. The molecular formula is C96H126N18O12. The van der Waals surface area contributed by atoms with E-state index in [4.69, 9.17) is 115 Å². The summed E-state index contributed by atoms with van der Waals surface area (Å²) >= 11 is 0. The number of aromatic nitrogens is 6. The summed E-state index contributed by atoms with van der Waals surface area (Å²) in [6.07, 6.45) is -33.2. The number of amides is 6. The first-order valence-corrected chi connectivity index (χ1v) is 36.0. The Morgan fingerprint density at radius 1 is 0.325 bits per heavy atom. The summed E-state index contributed by atoms with van der Waals surface area (Å²) in [7, 11) is 8.38. The maximum atomic E-state index is 11.8. The minimum absolute atomic E-state index is 0.0264. The number of nitrogens with zero attached hydrogens (tertiary/aromatic N) is 6. The number of alkyl carbamates (subject to hydrolysis) is 6. The van der Waals surface area contributed by atoms with Gasteiger partial charge in [0.25, 0.3) is 0 Å². The zero-order valence-electron chi connectivity index (χ0n) is 150. The van der Waals surface area contributed by atoms with E-state index in [1.165, 1.54) is 33.5 Å². The minimum Gasteiger partial charge on any atom is -0.447 e. The van der Waals surface area contributed by atoms with Gasteiger partial charge in [-0.3, -0.25) is 0 Å². The number of carbonyl (C=O) groups is 6. The van der Waals surface area contributed by atoms with Crippen molar-refractivity contribution in [1.29, 1.82) is 0 Å². The number of carbonyl (C=O) groups excluding carboxylic acids is 6. The second kappa shape index (κ2) is 43.7. The summed E-state index contributed by atoms with van der Waals surface area (Å²) < 4.78 is 705. The van der Waals surface area contributed by atoms with E-state index in [1.807, 2.05) is 19.0 Å². The van der Waals surface area contributed by atoms with E-state index in [1.54, 1.807) is 16.0 Å². The van der Waals surface area contributed by atoms with Crippen LogP contribution in [0, 0.1) is 0 Å². The number of benzene rings is 6. The van der Waals surface area contributed by atoms with Crippen molar-refractivity contribution in [3.63, 3.8) is 0 Å². The van der Waals surface area contributed by atoms with E-state index >= 15 is 0 Å². The van der Waals surface area contributed by atoms with Gasteiger partial charge in [-0.15, -0.1) is 0 Å². The van der Waals surface area contributed by atoms with Crippen molar-refractivity contribution in [2.24, 2.45) is 0 Å². The van der Waals surface area contributed by atoms with Crippen molar-refractivity contribution >= 4 is 102 Å². The number of hydrogen-bond acceptors (Lipinski definition) is 18. The summed E-state index contributed by atoms with van der Waals surface area (Å²) in [5, 5.41) is 1.82. The van der Waals surface area contributed by atoms with E-state index < -0.39 is 434 Å². The molecule has 6 aromatic heterocycles. The molecule has 12 heterocycles. The number of fused-ring (bicyclic) bond motifs is 6. The number of cyclic esters (lactones) is 6. The maximum absolute atomic E-state index is 11.8. The van der Waals surface area contributed by atoms with Crippen molar-refractivity contribution in [3.8, 4) is 0 Å². The fraction of sp³-hybridized carbons (Fsp3) is 0.438. The lowest BCUT2D eigenvalue weighted by atomic mass is 10.0. The standard InChI is InChI=1S/6C16H21N3O2/c6*1-19(2)6-5-12-9-17-15-4-3-11(8-14(12)15)7-13-10-21-16(20)18-13/h6*3-4,8-9,13,17H,5-7,10H2,1-2H3,(H,18,20)/t6*13-/m000000/s1/i1D3,2D3,3D,4D,5D2,6D2,7D2,8D,10D2,13D;1D3,3D,4D,5D2,6D2,7D2,8D,10D2,13D;3D,4D,5D2,6D2,7D2,8D,10D2,13D;1D3,2D3,3D,4D,7D2,8D,10D2,13D;1D3,3D,4D,7D2,8D,10D2,13D;3D,4D,7D2,8D,10D2,13D/hD6. The molecule has 0 aliphatic carbocycles. The predicted octanol–water partition coefficient (Wildman–Crippen LogP) is 11.5.